The van der Waals surface area contributed by atoms with Gasteiger partial charge in [0.25, 0.3) is 11.8 Å². The quantitative estimate of drug-likeness (QED) is 0.203. The monoisotopic (exact) mass is 566 g/mol. The molecule has 1 saturated heterocycles. The van der Waals surface area contributed by atoms with Crippen molar-refractivity contribution in [1.29, 1.82) is 0 Å². The van der Waals surface area contributed by atoms with E-state index in [-0.39, 0.29) is 17.9 Å². The van der Waals surface area contributed by atoms with Crippen LogP contribution in [0.1, 0.15) is 35.4 Å². The zero-order valence-corrected chi connectivity index (χ0v) is 22.2. The first-order valence-corrected chi connectivity index (χ1v) is 13.2. The van der Waals surface area contributed by atoms with Crippen molar-refractivity contribution in [2.24, 2.45) is 5.10 Å². The second-order valence-electron chi connectivity index (χ2n) is 8.73. The van der Waals surface area contributed by atoms with Crippen molar-refractivity contribution in [2.75, 3.05) is 32.8 Å². The maximum absolute atomic E-state index is 13.0. The Morgan fingerprint density at radius 1 is 1.00 bits per heavy atom. The fourth-order valence-corrected chi connectivity index (χ4v) is 4.41. The molecule has 4 rings (SSSR count). The molecule has 1 atom stereocenters. The second-order valence-corrected chi connectivity index (χ2v) is 9.64. The van der Waals surface area contributed by atoms with E-state index >= 15 is 0 Å². The van der Waals surface area contributed by atoms with E-state index in [1.165, 1.54) is 6.21 Å². The average molecular weight is 567 g/mol. The lowest BCUT2D eigenvalue weighted by Gasteiger charge is -2.33. The van der Waals surface area contributed by atoms with Gasteiger partial charge in [0.05, 0.1) is 25.5 Å². The molecule has 3 aromatic rings. The van der Waals surface area contributed by atoms with E-state index in [1.807, 2.05) is 54.6 Å². The van der Waals surface area contributed by atoms with Gasteiger partial charge in [0.15, 0.2) is 0 Å². The molecule has 0 saturated carbocycles. The number of carbonyl (C=O) groups excluding carboxylic acids is 2. The molecule has 2 heterocycles. The van der Waals surface area contributed by atoms with E-state index in [0.29, 0.717) is 50.6 Å². The Morgan fingerprint density at radius 2 is 1.76 bits per heavy atom. The predicted molar refractivity (Wildman–Crippen MR) is 146 cm³/mol. The van der Waals surface area contributed by atoms with Gasteiger partial charge in [-0.25, -0.2) is 5.43 Å². The molecule has 1 aliphatic rings. The number of morpholine rings is 1. The summed E-state index contributed by atoms with van der Waals surface area (Å²) < 4.78 is 12.3. The van der Waals surface area contributed by atoms with Gasteiger partial charge in [-0.1, -0.05) is 46.3 Å². The standard InChI is InChI=1S/C28H31BrN4O4/c29-23-11-9-21(10-12-23)26-14-13-24(37-26)20-31-32-28(35)25(33-16-18-36-19-17-33)8-4-5-15-30-27(34)22-6-2-1-3-7-22/h1-3,6-7,9-14,20,25H,4-5,8,15-19H2,(H,30,34)(H,32,35)/b31-20+/t25-/m1/s1. The molecule has 2 amide bonds. The van der Waals surface area contributed by atoms with Crippen LogP contribution >= 0.6 is 15.9 Å². The molecule has 194 valence electrons. The number of nitrogens with zero attached hydrogens (tertiary/aromatic N) is 2. The minimum absolute atomic E-state index is 0.0846. The highest BCUT2D eigenvalue weighted by atomic mass is 79.9. The number of halogens is 1. The predicted octanol–water partition coefficient (Wildman–Crippen LogP) is 4.46. The fraction of sp³-hybridized carbons (Fsp3) is 0.321. The molecule has 8 nitrogen and oxygen atoms in total. The normalized spacial score (nSPS) is 14.9. The van der Waals surface area contributed by atoms with Crippen LogP contribution in [0.15, 0.2) is 80.7 Å². The summed E-state index contributed by atoms with van der Waals surface area (Å²) in [7, 11) is 0. The molecule has 0 spiro atoms. The molecule has 2 aromatic carbocycles. The molecule has 9 heteroatoms. The number of furan rings is 1. The van der Waals surface area contributed by atoms with Gasteiger partial charge in [0, 0.05) is 35.2 Å². The summed E-state index contributed by atoms with van der Waals surface area (Å²) >= 11 is 3.43. The second kappa shape index (κ2) is 13.9. The Labute approximate surface area is 225 Å². The summed E-state index contributed by atoms with van der Waals surface area (Å²) in [6.07, 6.45) is 3.75. The SMILES string of the molecule is O=C(NCCCC[C@H](C(=O)N/N=C/c1ccc(-c2ccc(Br)cc2)o1)N1CCOCC1)c1ccccc1. The molecule has 1 fully saturated rings. The number of nitrogens with one attached hydrogen (secondary N) is 2. The lowest BCUT2D eigenvalue weighted by molar-refractivity contribution is -0.128. The Kier molecular flexibility index (Phi) is 10.0. The number of benzene rings is 2. The van der Waals surface area contributed by atoms with Gasteiger partial charge in [-0.05, 0) is 55.7 Å². The number of amides is 2. The van der Waals surface area contributed by atoms with Crippen LogP contribution in [0.2, 0.25) is 0 Å². The highest BCUT2D eigenvalue weighted by molar-refractivity contribution is 9.10. The maximum Gasteiger partial charge on any atom is 0.257 e. The van der Waals surface area contributed by atoms with Crippen molar-refractivity contribution < 1.29 is 18.7 Å². The molecular weight excluding hydrogens is 536 g/mol. The molecule has 1 aliphatic heterocycles. The lowest BCUT2D eigenvalue weighted by Crippen LogP contribution is -2.50. The summed E-state index contributed by atoms with van der Waals surface area (Å²) in [6, 6.07) is 20.4. The van der Waals surface area contributed by atoms with Crippen molar-refractivity contribution in [3.05, 3.63) is 82.5 Å². The summed E-state index contributed by atoms with van der Waals surface area (Å²) in [4.78, 5) is 27.4. The van der Waals surface area contributed by atoms with Crippen LogP contribution in [0.4, 0.5) is 0 Å². The van der Waals surface area contributed by atoms with Crippen molar-refractivity contribution >= 4 is 34.0 Å². The Hall–Kier alpha value is -3.27. The van der Waals surface area contributed by atoms with Crippen LogP contribution in [0.5, 0.6) is 0 Å². The van der Waals surface area contributed by atoms with Crippen LogP contribution in [-0.2, 0) is 9.53 Å². The first kappa shape index (κ1) is 26.8. The first-order chi connectivity index (χ1) is 18.1. The molecule has 0 aliphatic carbocycles. The minimum atomic E-state index is -0.319. The highest BCUT2D eigenvalue weighted by Gasteiger charge is 2.27. The molecule has 1 aromatic heterocycles. The average Bonchev–Trinajstić information content (AvgIpc) is 3.40. The first-order valence-electron chi connectivity index (χ1n) is 12.4. The smallest absolute Gasteiger partial charge is 0.257 e. The molecule has 0 unspecified atom stereocenters. The van der Waals surface area contributed by atoms with Gasteiger partial charge in [0.1, 0.15) is 11.5 Å². The topological polar surface area (TPSA) is 96.2 Å². The number of ether oxygens (including phenoxy) is 1. The molecule has 2 N–H and O–H groups in total. The minimum Gasteiger partial charge on any atom is -0.455 e. The van der Waals surface area contributed by atoms with E-state index in [1.54, 1.807) is 12.1 Å². The number of carbonyl (C=O) groups is 2. The largest absolute Gasteiger partial charge is 0.455 e. The number of hydrazone groups is 1. The third kappa shape index (κ3) is 8.11. The third-order valence-electron chi connectivity index (χ3n) is 6.14. The summed E-state index contributed by atoms with van der Waals surface area (Å²) in [5.41, 5.74) is 4.28. The molecule has 0 bridgehead atoms. The molecule has 37 heavy (non-hydrogen) atoms. The molecular formula is C28H31BrN4O4. The van der Waals surface area contributed by atoms with Gasteiger partial charge in [-0.3, -0.25) is 14.5 Å². The van der Waals surface area contributed by atoms with Crippen LogP contribution in [0.3, 0.4) is 0 Å². The number of hydrogen-bond donors (Lipinski definition) is 2. The van der Waals surface area contributed by atoms with E-state index in [9.17, 15) is 9.59 Å². The number of hydrogen-bond acceptors (Lipinski definition) is 6. The van der Waals surface area contributed by atoms with Crippen molar-refractivity contribution in [3.63, 3.8) is 0 Å². The highest BCUT2D eigenvalue weighted by Crippen LogP contribution is 2.23. The van der Waals surface area contributed by atoms with E-state index in [4.69, 9.17) is 9.15 Å². The van der Waals surface area contributed by atoms with Gasteiger partial charge >= 0.3 is 0 Å². The Morgan fingerprint density at radius 3 is 2.51 bits per heavy atom. The van der Waals surface area contributed by atoms with Crippen molar-refractivity contribution in [1.82, 2.24) is 15.6 Å². The number of unbranched alkanes of at least 4 members (excludes halogenated alkanes) is 1. The summed E-state index contributed by atoms with van der Waals surface area (Å²) in [5, 5.41) is 7.08. The summed E-state index contributed by atoms with van der Waals surface area (Å²) in [6.45, 7) is 3.15. The van der Waals surface area contributed by atoms with Gasteiger partial charge in [0.2, 0.25) is 0 Å². The van der Waals surface area contributed by atoms with Crippen LogP contribution < -0.4 is 10.7 Å². The van der Waals surface area contributed by atoms with Crippen LogP contribution in [0.25, 0.3) is 11.3 Å². The zero-order chi connectivity index (χ0) is 25.9. The third-order valence-corrected chi connectivity index (χ3v) is 6.67. The maximum atomic E-state index is 13.0. The van der Waals surface area contributed by atoms with Gasteiger partial charge < -0.3 is 14.5 Å². The van der Waals surface area contributed by atoms with Crippen LogP contribution in [0, 0.1) is 0 Å². The molecule has 0 radical (unpaired) electrons. The van der Waals surface area contributed by atoms with Gasteiger partial charge in [-0.2, -0.15) is 5.10 Å². The van der Waals surface area contributed by atoms with Gasteiger partial charge in [-0.15, -0.1) is 0 Å². The summed E-state index contributed by atoms with van der Waals surface area (Å²) in [5.74, 6) is 1.03. The Balaban J connectivity index is 1.27. The zero-order valence-electron chi connectivity index (χ0n) is 20.6. The van der Waals surface area contributed by atoms with E-state index in [0.717, 1.165) is 28.6 Å². The van der Waals surface area contributed by atoms with E-state index in [2.05, 4.69) is 36.7 Å². The van der Waals surface area contributed by atoms with Crippen molar-refractivity contribution in [3.8, 4) is 11.3 Å². The fourth-order valence-electron chi connectivity index (χ4n) is 4.15. The lowest BCUT2D eigenvalue weighted by atomic mass is 10.1. The number of rotatable bonds is 11. The van der Waals surface area contributed by atoms with Crippen LogP contribution in [-0.4, -0.2) is 61.8 Å². The van der Waals surface area contributed by atoms with Crippen molar-refractivity contribution in [2.45, 2.75) is 25.3 Å². The Bertz CT molecular complexity index is 1170. The van der Waals surface area contributed by atoms with E-state index < -0.39 is 0 Å².